The van der Waals surface area contributed by atoms with Gasteiger partial charge < -0.3 is 20.3 Å². The van der Waals surface area contributed by atoms with Gasteiger partial charge >= 0.3 is 12.1 Å². The van der Waals surface area contributed by atoms with Gasteiger partial charge in [0.15, 0.2) is 0 Å². The number of nitrogens with zero attached hydrogens (tertiary/aromatic N) is 1. The van der Waals surface area contributed by atoms with E-state index in [4.69, 9.17) is 4.74 Å². The summed E-state index contributed by atoms with van der Waals surface area (Å²) in [6, 6.07) is 13.5. The van der Waals surface area contributed by atoms with Gasteiger partial charge in [0.25, 0.3) is 0 Å². The lowest BCUT2D eigenvalue weighted by Gasteiger charge is -2.37. The van der Waals surface area contributed by atoms with Gasteiger partial charge in [0.05, 0.1) is 12.1 Å². The van der Waals surface area contributed by atoms with Crippen molar-refractivity contribution in [3.05, 3.63) is 71.0 Å². The molecule has 2 aliphatic heterocycles. The molecule has 2 aromatic rings. The fraction of sp³-hybridized carbons (Fsp3) is 0.300. The van der Waals surface area contributed by atoms with Crippen LogP contribution >= 0.6 is 0 Å². The number of alkyl carbamates (subject to hydrolysis) is 1. The van der Waals surface area contributed by atoms with Gasteiger partial charge in [-0.2, -0.15) is 0 Å². The number of nitrogens with one attached hydrogen (secondary N) is 2. The first kappa shape index (κ1) is 17.3. The third-order valence-corrected chi connectivity index (χ3v) is 4.97. The maximum atomic E-state index is 13.4. The summed E-state index contributed by atoms with van der Waals surface area (Å²) < 4.78 is 18.2. The van der Waals surface area contributed by atoms with E-state index in [-0.39, 0.29) is 30.5 Å². The smallest absolute Gasteiger partial charge is 0.407 e. The summed E-state index contributed by atoms with van der Waals surface area (Å²) in [5.74, 6) is -0.309. The number of benzene rings is 2. The Morgan fingerprint density at radius 3 is 2.74 bits per heavy atom. The Morgan fingerprint density at radius 2 is 2.00 bits per heavy atom. The van der Waals surface area contributed by atoms with Crippen LogP contribution in [0.4, 0.5) is 14.0 Å². The average Bonchev–Trinajstić information content (AvgIpc) is 3.11. The Bertz CT molecular complexity index is 856. The summed E-state index contributed by atoms with van der Waals surface area (Å²) in [5, 5.41) is 5.52. The van der Waals surface area contributed by atoms with Gasteiger partial charge in [-0.15, -0.1) is 0 Å². The summed E-state index contributed by atoms with van der Waals surface area (Å²) in [6.45, 7) is 1.08. The zero-order chi connectivity index (χ0) is 18.8. The van der Waals surface area contributed by atoms with Gasteiger partial charge in [0, 0.05) is 13.1 Å². The number of rotatable bonds is 3. The molecule has 2 N–H and O–H groups in total. The molecule has 0 radical (unpaired) electrons. The Kier molecular flexibility index (Phi) is 4.66. The second kappa shape index (κ2) is 7.26. The molecule has 3 amide bonds. The molecule has 2 atom stereocenters. The van der Waals surface area contributed by atoms with Crippen LogP contribution < -0.4 is 10.6 Å². The minimum atomic E-state index is -0.467. The molecule has 7 heteroatoms. The molecule has 0 aliphatic carbocycles. The lowest BCUT2D eigenvalue weighted by atomic mass is 9.88. The van der Waals surface area contributed by atoms with E-state index >= 15 is 0 Å². The van der Waals surface area contributed by atoms with Crippen LogP contribution in [0.2, 0.25) is 0 Å². The molecule has 140 valence electrons. The van der Waals surface area contributed by atoms with Crippen LogP contribution in [0.15, 0.2) is 48.5 Å². The van der Waals surface area contributed by atoms with Crippen LogP contribution in [0.5, 0.6) is 0 Å². The lowest BCUT2D eigenvalue weighted by Crippen LogP contribution is -2.49. The van der Waals surface area contributed by atoms with Crippen LogP contribution in [0.1, 0.15) is 22.7 Å². The van der Waals surface area contributed by atoms with E-state index < -0.39 is 6.09 Å². The summed E-state index contributed by atoms with van der Waals surface area (Å²) in [6.07, 6.45) is 0.287. The van der Waals surface area contributed by atoms with Crippen LogP contribution in [-0.4, -0.2) is 42.8 Å². The van der Waals surface area contributed by atoms with Crippen molar-refractivity contribution in [3.8, 4) is 0 Å². The van der Waals surface area contributed by atoms with Crippen LogP contribution in [-0.2, 0) is 11.2 Å². The van der Waals surface area contributed by atoms with Crippen molar-refractivity contribution in [2.45, 2.75) is 18.5 Å². The van der Waals surface area contributed by atoms with Crippen molar-refractivity contribution >= 4 is 12.1 Å². The number of hydrogen-bond donors (Lipinski definition) is 2. The highest BCUT2D eigenvalue weighted by Crippen LogP contribution is 2.35. The minimum Gasteiger partial charge on any atom is -0.447 e. The van der Waals surface area contributed by atoms with E-state index in [0.29, 0.717) is 13.1 Å². The molecule has 4 rings (SSSR count). The Morgan fingerprint density at radius 1 is 1.22 bits per heavy atom. The van der Waals surface area contributed by atoms with Crippen molar-refractivity contribution in [1.82, 2.24) is 15.5 Å². The Balaban J connectivity index is 1.57. The van der Waals surface area contributed by atoms with Crippen molar-refractivity contribution in [3.63, 3.8) is 0 Å². The molecule has 2 heterocycles. The number of ether oxygens (including phenoxy) is 1. The first-order chi connectivity index (χ1) is 13.1. The highest BCUT2D eigenvalue weighted by Gasteiger charge is 2.32. The summed E-state index contributed by atoms with van der Waals surface area (Å²) in [4.78, 5) is 25.8. The summed E-state index contributed by atoms with van der Waals surface area (Å²) in [5.41, 5.74) is 3.09. The third-order valence-electron chi connectivity index (χ3n) is 4.97. The van der Waals surface area contributed by atoms with Gasteiger partial charge in [0.1, 0.15) is 12.4 Å². The summed E-state index contributed by atoms with van der Waals surface area (Å²) in [7, 11) is 0. The van der Waals surface area contributed by atoms with Gasteiger partial charge in [-0.3, -0.25) is 0 Å². The molecule has 1 saturated heterocycles. The van der Waals surface area contributed by atoms with E-state index in [2.05, 4.69) is 16.7 Å². The zero-order valence-electron chi connectivity index (χ0n) is 14.7. The Hall–Kier alpha value is -3.09. The lowest BCUT2D eigenvalue weighted by molar-refractivity contribution is 0.175. The molecule has 0 saturated carbocycles. The van der Waals surface area contributed by atoms with Crippen molar-refractivity contribution < 1.29 is 18.7 Å². The Labute approximate surface area is 156 Å². The molecule has 6 nitrogen and oxygen atoms in total. The van der Waals surface area contributed by atoms with E-state index in [1.165, 1.54) is 17.7 Å². The second-order valence-corrected chi connectivity index (χ2v) is 6.72. The second-order valence-electron chi connectivity index (χ2n) is 6.72. The van der Waals surface area contributed by atoms with E-state index in [0.717, 1.165) is 17.5 Å². The molecule has 2 aromatic carbocycles. The molecular formula is C20H20FN3O3. The maximum absolute atomic E-state index is 13.4. The average molecular weight is 369 g/mol. The predicted octanol–water partition coefficient (Wildman–Crippen LogP) is 2.59. The first-order valence-corrected chi connectivity index (χ1v) is 8.93. The zero-order valence-corrected chi connectivity index (χ0v) is 14.7. The fourth-order valence-electron chi connectivity index (χ4n) is 3.64. The monoisotopic (exact) mass is 369 g/mol. The van der Waals surface area contributed by atoms with Gasteiger partial charge in [-0.1, -0.05) is 36.4 Å². The standard InChI is InChI=1S/C20H20FN3O3/c21-15-7-5-14(6-8-15)18-17-4-2-1-3-13(17)9-10-24(18)19(25)22-11-16-12-27-20(26)23-16/h1-8,16,18H,9-12H2,(H,22,25)(H,23,26)/t16-,18-/m0/s1. The van der Waals surface area contributed by atoms with Crippen molar-refractivity contribution in [2.24, 2.45) is 0 Å². The van der Waals surface area contributed by atoms with Gasteiger partial charge in [-0.25, -0.2) is 14.0 Å². The molecule has 27 heavy (non-hydrogen) atoms. The number of halogens is 1. The summed E-state index contributed by atoms with van der Waals surface area (Å²) >= 11 is 0. The fourth-order valence-corrected chi connectivity index (χ4v) is 3.64. The molecule has 0 bridgehead atoms. The minimum absolute atomic E-state index is 0.222. The number of carbonyl (C=O) groups is 2. The highest BCUT2D eigenvalue weighted by molar-refractivity contribution is 5.76. The molecule has 0 spiro atoms. The molecule has 2 aliphatic rings. The highest BCUT2D eigenvalue weighted by atomic mass is 19.1. The SMILES string of the molecule is O=C1N[C@@H](CNC(=O)N2CCc3ccccc3[C@@H]2c2ccc(F)cc2)CO1. The molecule has 0 aromatic heterocycles. The van der Waals surface area contributed by atoms with E-state index in [9.17, 15) is 14.0 Å². The number of amides is 3. The van der Waals surface area contributed by atoms with Crippen LogP contribution in [0, 0.1) is 5.82 Å². The maximum Gasteiger partial charge on any atom is 0.407 e. The van der Waals surface area contributed by atoms with Crippen molar-refractivity contribution in [2.75, 3.05) is 19.7 Å². The largest absolute Gasteiger partial charge is 0.447 e. The van der Waals surface area contributed by atoms with Gasteiger partial charge in [0.2, 0.25) is 0 Å². The molecular weight excluding hydrogens is 349 g/mol. The normalized spacial score (nSPS) is 21.2. The number of hydrogen-bond acceptors (Lipinski definition) is 3. The van der Waals surface area contributed by atoms with Gasteiger partial charge in [-0.05, 0) is 35.2 Å². The molecule has 1 fully saturated rings. The number of carbonyl (C=O) groups excluding carboxylic acids is 2. The first-order valence-electron chi connectivity index (χ1n) is 8.93. The van der Waals surface area contributed by atoms with Crippen LogP contribution in [0.25, 0.3) is 0 Å². The number of cyclic esters (lactones) is 1. The van der Waals surface area contributed by atoms with E-state index in [1.54, 1.807) is 17.0 Å². The molecule has 0 unspecified atom stereocenters. The predicted molar refractivity (Wildman–Crippen MR) is 96.8 cm³/mol. The topological polar surface area (TPSA) is 70.7 Å². The van der Waals surface area contributed by atoms with Crippen molar-refractivity contribution in [1.29, 1.82) is 0 Å². The third kappa shape index (κ3) is 3.58. The number of fused-ring (bicyclic) bond motifs is 1. The van der Waals surface area contributed by atoms with E-state index in [1.807, 2.05) is 18.2 Å². The van der Waals surface area contributed by atoms with Crippen LogP contribution in [0.3, 0.4) is 0 Å². The quantitative estimate of drug-likeness (QED) is 0.874. The number of urea groups is 1.